The van der Waals surface area contributed by atoms with Crippen LogP contribution >= 0.6 is 21.6 Å². The van der Waals surface area contributed by atoms with E-state index in [9.17, 15) is 45.3 Å². The Morgan fingerprint density at radius 2 is 1.80 bits per heavy atom. The van der Waals surface area contributed by atoms with Crippen molar-refractivity contribution in [2.75, 3.05) is 38.1 Å². The van der Waals surface area contributed by atoms with Gasteiger partial charge >= 0.3 is 5.97 Å². The zero-order chi connectivity index (χ0) is 39.5. The number of fused-ring (bicyclic) bond motifs is 2. The number of carboxylic acid groups (broad SMARTS) is 1. The summed E-state index contributed by atoms with van der Waals surface area (Å²) in [6.45, 7) is 4.07. The molecule has 55 heavy (non-hydrogen) atoms. The van der Waals surface area contributed by atoms with Crippen molar-refractivity contribution in [2.24, 2.45) is 17.3 Å². The standard InChI is InChI=1S/C40H50O13S2/c1-22-10-12-40(51-21-55-54-20-39(13-14-41)19-50-15-11-27(22)39)30(18-42)53-38(35(46)36(40)47)52-29-17-25(37(48)49)16-26-32(29)34(45)31(23(2)33(26)44)28(43)9-8-24-6-4-3-5-7-24/h3-7,16-17,22,27,30,35-36,38,41-42,44-47H,8-15,18-21H2,1-2H3,(H,48,49). The van der Waals surface area contributed by atoms with E-state index >= 15 is 0 Å². The molecule has 6 rings (SSSR count). The molecular weight excluding hydrogens is 753 g/mol. The minimum absolute atomic E-state index is 0.00395. The van der Waals surface area contributed by atoms with E-state index in [2.05, 4.69) is 6.92 Å². The average molecular weight is 803 g/mol. The van der Waals surface area contributed by atoms with Crippen LogP contribution in [0.1, 0.15) is 70.9 Å². The Morgan fingerprint density at radius 3 is 2.51 bits per heavy atom. The molecule has 8 atom stereocenters. The maximum atomic E-state index is 13.6. The zero-order valence-electron chi connectivity index (χ0n) is 30.9. The molecule has 15 heteroatoms. The molecule has 3 aliphatic rings. The number of aromatic hydroxyl groups is 2. The van der Waals surface area contributed by atoms with Gasteiger partial charge in [0.2, 0.25) is 6.29 Å². The number of Topliss-reactive ketones (excluding diaryl/α,β-unsaturated/α-hetero) is 1. The van der Waals surface area contributed by atoms with Gasteiger partial charge < -0.3 is 54.7 Å². The molecule has 1 spiro atoms. The van der Waals surface area contributed by atoms with E-state index in [-0.39, 0.29) is 75.9 Å². The van der Waals surface area contributed by atoms with Crippen LogP contribution in [0.5, 0.6) is 17.2 Å². The fourth-order valence-corrected chi connectivity index (χ4v) is 11.1. The largest absolute Gasteiger partial charge is 0.507 e. The number of hydrogen-bond acceptors (Lipinski definition) is 14. The van der Waals surface area contributed by atoms with Crippen LogP contribution in [0.3, 0.4) is 0 Å². The number of carbonyl (C=O) groups is 2. The maximum Gasteiger partial charge on any atom is 0.335 e. The Balaban J connectivity index is 1.32. The SMILES string of the molecule is Cc1c(C(=O)CCc2ccccc2)c(O)c2c(OC3OC(CO)C4(CCC(C)C5CCOCC5(CCO)CSSCO4)C(O)C3O)cc(C(=O)O)cc2c1O. The average Bonchev–Trinajstić information content (AvgIpc) is 3.20. The fraction of sp³-hybridized carbons (Fsp3) is 0.550. The van der Waals surface area contributed by atoms with Crippen molar-refractivity contribution < 1.29 is 64.3 Å². The Bertz CT molecular complexity index is 1830. The molecule has 3 fully saturated rings. The number of aromatic carboxylic acids is 1. The topological polar surface area (TPSA) is 213 Å². The number of ketones is 1. The van der Waals surface area contributed by atoms with Gasteiger partial charge in [0.25, 0.3) is 0 Å². The highest BCUT2D eigenvalue weighted by Gasteiger charge is 2.58. The smallest absolute Gasteiger partial charge is 0.335 e. The second kappa shape index (κ2) is 17.6. The summed E-state index contributed by atoms with van der Waals surface area (Å²) in [4.78, 5) is 25.8. The van der Waals surface area contributed by atoms with E-state index in [1.54, 1.807) is 10.8 Å². The molecule has 0 bridgehead atoms. The van der Waals surface area contributed by atoms with Crippen molar-refractivity contribution in [2.45, 2.75) is 82.6 Å². The van der Waals surface area contributed by atoms with Gasteiger partial charge in [0.15, 0.2) is 5.78 Å². The van der Waals surface area contributed by atoms with Crippen molar-refractivity contribution in [3.8, 4) is 17.2 Å². The molecule has 3 aromatic rings. The van der Waals surface area contributed by atoms with Crippen molar-refractivity contribution in [1.29, 1.82) is 0 Å². The first-order chi connectivity index (χ1) is 26.4. The Morgan fingerprint density at radius 1 is 1.04 bits per heavy atom. The molecule has 0 saturated carbocycles. The lowest BCUT2D eigenvalue weighted by Crippen LogP contribution is -2.69. The van der Waals surface area contributed by atoms with Crippen LogP contribution in [0, 0.1) is 24.2 Å². The van der Waals surface area contributed by atoms with Crippen LogP contribution in [0.15, 0.2) is 42.5 Å². The molecule has 3 aliphatic heterocycles. The molecule has 0 amide bonds. The van der Waals surface area contributed by atoms with Crippen molar-refractivity contribution >= 4 is 44.1 Å². The third-order valence-corrected chi connectivity index (χ3v) is 14.0. The quantitative estimate of drug-likeness (QED) is 0.0832. The summed E-state index contributed by atoms with van der Waals surface area (Å²) in [7, 11) is 2.98. The van der Waals surface area contributed by atoms with Gasteiger partial charge in [-0.3, -0.25) is 4.79 Å². The van der Waals surface area contributed by atoms with Crippen molar-refractivity contribution in [1.82, 2.24) is 0 Å². The molecule has 3 aromatic carbocycles. The second-order valence-corrected chi connectivity index (χ2v) is 17.3. The predicted octanol–water partition coefficient (Wildman–Crippen LogP) is 4.82. The zero-order valence-corrected chi connectivity index (χ0v) is 32.5. The Kier molecular flexibility index (Phi) is 13.3. The summed E-state index contributed by atoms with van der Waals surface area (Å²) in [5, 5.41) is 77.0. The normalized spacial score (nSPS) is 30.4. The van der Waals surface area contributed by atoms with Crippen molar-refractivity contribution in [3.63, 3.8) is 0 Å². The summed E-state index contributed by atoms with van der Waals surface area (Å²) >= 11 is 0. The Hall–Kier alpha value is -3.12. The van der Waals surface area contributed by atoms with Gasteiger partial charge in [-0.05, 0) is 68.6 Å². The van der Waals surface area contributed by atoms with Gasteiger partial charge in [-0.15, -0.1) is 0 Å². The number of benzene rings is 3. The second-order valence-electron chi connectivity index (χ2n) is 14.9. The predicted molar refractivity (Wildman–Crippen MR) is 207 cm³/mol. The molecule has 3 heterocycles. The minimum Gasteiger partial charge on any atom is -0.507 e. The lowest BCUT2D eigenvalue weighted by Gasteiger charge is -2.51. The van der Waals surface area contributed by atoms with E-state index in [1.807, 2.05) is 30.3 Å². The van der Waals surface area contributed by atoms with Gasteiger partial charge in [-0.2, -0.15) is 0 Å². The highest BCUT2D eigenvalue weighted by Crippen LogP contribution is 2.51. The summed E-state index contributed by atoms with van der Waals surface area (Å²) in [6, 6.07) is 11.5. The van der Waals surface area contributed by atoms with E-state index in [1.165, 1.54) is 17.7 Å². The maximum absolute atomic E-state index is 13.6. The number of aryl methyl sites for hydroxylation is 1. The third-order valence-electron chi connectivity index (χ3n) is 11.8. The Labute approximate surface area is 327 Å². The lowest BCUT2D eigenvalue weighted by atomic mass is 9.65. The van der Waals surface area contributed by atoms with Gasteiger partial charge in [0.1, 0.15) is 47.1 Å². The summed E-state index contributed by atoms with van der Waals surface area (Å²) < 4.78 is 24.6. The number of carboxylic acids is 1. The molecule has 300 valence electrons. The van der Waals surface area contributed by atoms with Gasteiger partial charge in [0, 0.05) is 41.8 Å². The molecule has 0 aromatic heterocycles. The number of ether oxygens (including phenoxy) is 4. The molecule has 3 saturated heterocycles. The lowest BCUT2D eigenvalue weighted by molar-refractivity contribution is -0.322. The van der Waals surface area contributed by atoms with Crippen LogP contribution in [-0.4, -0.2) is 116 Å². The van der Waals surface area contributed by atoms with Crippen LogP contribution in [0.25, 0.3) is 10.8 Å². The molecule has 0 aliphatic carbocycles. The van der Waals surface area contributed by atoms with E-state index < -0.39 is 60.1 Å². The first kappa shape index (κ1) is 41.5. The monoisotopic (exact) mass is 802 g/mol. The first-order valence-corrected chi connectivity index (χ1v) is 21.0. The van der Waals surface area contributed by atoms with Gasteiger partial charge in [-0.25, -0.2) is 4.79 Å². The van der Waals surface area contributed by atoms with Crippen LogP contribution in [-0.2, 0) is 20.6 Å². The van der Waals surface area contributed by atoms with Crippen molar-refractivity contribution in [3.05, 3.63) is 64.7 Å². The van der Waals surface area contributed by atoms with Crippen LogP contribution < -0.4 is 4.74 Å². The third kappa shape index (κ3) is 8.18. The van der Waals surface area contributed by atoms with Gasteiger partial charge in [0.05, 0.1) is 29.7 Å². The number of rotatable bonds is 10. The molecular formula is C40H50O13S2. The van der Waals surface area contributed by atoms with Crippen LogP contribution in [0.2, 0.25) is 0 Å². The summed E-state index contributed by atoms with van der Waals surface area (Å²) in [5.41, 5.74) is -1.39. The van der Waals surface area contributed by atoms with Crippen LogP contribution in [0.4, 0.5) is 0 Å². The van der Waals surface area contributed by atoms with Gasteiger partial charge in [-0.1, -0.05) is 58.8 Å². The molecule has 13 nitrogen and oxygen atoms in total. The van der Waals surface area contributed by atoms with E-state index in [4.69, 9.17) is 18.9 Å². The van der Waals surface area contributed by atoms with E-state index in [0.29, 0.717) is 32.5 Å². The van der Waals surface area contributed by atoms with E-state index in [0.717, 1.165) is 29.9 Å². The number of phenols is 2. The number of aliphatic hydroxyl groups is 4. The highest BCUT2D eigenvalue weighted by molar-refractivity contribution is 8.76. The first-order valence-electron chi connectivity index (χ1n) is 18.6. The minimum atomic E-state index is -1.80. The number of aliphatic hydroxyl groups excluding tert-OH is 4. The summed E-state index contributed by atoms with van der Waals surface area (Å²) in [6.07, 6.45) is -3.93. The highest BCUT2D eigenvalue weighted by atomic mass is 33.1. The molecule has 8 unspecified atom stereocenters. The number of carbonyl (C=O) groups excluding carboxylic acids is 1. The summed E-state index contributed by atoms with van der Waals surface area (Å²) in [5.74, 6) is -2.11. The molecule has 0 radical (unpaired) electrons. The molecule has 7 N–H and O–H groups in total. The number of phenolic OH excluding ortho intramolecular Hbond substituents is 2. The number of hydrogen-bond donors (Lipinski definition) is 7. The fourth-order valence-electron chi connectivity index (χ4n) is 8.69.